The molecule has 0 aliphatic rings. The van der Waals surface area contributed by atoms with Crippen molar-refractivity contribution in [2.24, 2.45) is 5.92 Å². The minimum Gasteiger partial charge on any atom is -0.512 e. The van der Waals surface area contributed by atoms with Gasteiger partial charge in [0.05, 0.1) is 11.3 Å². The number of carbonyl (C=O) groups is 1. The van der Waals surface area contributed by atoms with Crippen molar-refractivity contribution in [3.8, 4) is 44.9 Å². The number of furan rings is 1. The quantitative estimate of drug-likeness (QED) is 0.0972. The van der Waals surface area contributed by atoms with Crippen LogP contribution in [-0.4, -0.2) is 25.8 Å². The average molecular weight is 1200 g/mol. The molecular weight excluding hydrogens is 1150 g/mol. The number of benzene rings is 5. The fraction of sp³-hybridized carbons (Fsp3) is 0.143. The first kappa shape index (κ1) is 50.5. The minimum absolute atomic E-state index is 0. The maximum Gasteiger partial charge on any atom is 0.155 e. The third-order valence-corrected chi connectivity index (χ3v) is 9.45. The molecule has 0 aliphatic carbocycles. The Balaban J connectivity index is 0.000000200. The van der Waals surface area contributed by atoms with E-state index in [0.29, 0.717) is 5.92 Å². The van der Waals surface area contributed by atoms with Gasteiger partial charge in [-0.2, -0.15) is 0 Å². The number of rotatable bonds is 7. The van der Waals surface area contributed by atoms with Crippen molar-refractivity contribution in [2.75, 3.05) is 0 Å². The van der Waals surface area contributed by atoms with Gasteiger partial charge in [-0.15, -0.1) is 90.0 Å². The molecule has 5 aromatic carbocycles. The molecule has 2 radical (unpaired) electrons. The molecule has 9 rings (SSSR count). The van der Waals surface area contributed by atoms with E-state index in [-0.39, 0.29) is 51.8 Å². The van der Waals surface area contributed by atoms with Crippen LogP contribution < -0.4 is 0 Å². The fourth-order valence-electron chi connectivity index (χ4n) is 6.94. The number of hydrogen-bond donors (Lipinski definition) is 1. The summed E-state index contributed by atoms with van der Waals surface area (Å²) < 4.78 is 6.30. The van der Waals surface area contributed by atoms with Crippen LogP contribution in [0, 0.1) is 38.0 Å². The van der Waals surface area contributed by atoms with Gasteiger partial charge in [0, 0.05) is 70.3 Å². The zero-order valence-electron chi connectivity index (χ0n) is 36.7. The van der Waals surface area contributed by atoms with Crippen molar-refractivity contribution in [1.29, 1.82) is 0 Å². The van der Waals surface area contributed by atoms with Gasteiger partial charge in [0.2, 0.25) is 0 Å². The van der Waals surface area contributed by atoms with Crippen LogP contribution in [0.2, 0.25) is 0 Å². The minimum atomic E-state index is -0.125. The summed E-state index contributed by atoms with van der Waals surface area (Å²) in [5, 5.41) is 10.7. The second-order valence-electron chi connectivity index (χ2n) is 15.3. The Morgan fingerprint density at radius 2 is 1.20 bits per heavy atom. The van der Waals surface area contributed by atoms with Crippen LogP contribution in [0.3, 0.4) is 0 Å². The zero-order chi connectivity index (χ0) is 43.8. The van der Waals surface area contributed by atoms with Crippen LogP contribution in [0.4, 0.5) is 0 Å². The Morgan fingerprint density at radius 3 is 1.75 bits per heavy atom. The molecule has 0 unspecified atom stereocenters. The monoisotopic (exact) mass is 1200 g/mol. The molecule has 328 valence electrons. The largest absolute Gasteiger partial charge is 0.512 e. The van der Waals surface area contributed by atoms with E-state index in [1.807, 2.05) is 97.2 Å². The third kappa shape index (κ3) is 14.5. The summed E-state index contributed by atoms with van der Waals surface area (Å²) in [5.41, 5.74) is 13.9. The van der Waals surface area contributed by atoms with Gasteiger partial charge in [0.1, 0.15) is 5.58 Å². The molecule has 8 heteroatoms. The molecule has 0 aliphatic heterocycles. The van der Waals surface area contributed by atoms with Crippen molar-refractivity contribution in [2.45, 2.75) is 48.0 Å². The van der Waals surface area contributed by atoms with Crippen LogP contribution in [0.5, 0.6) is 0 Å². The van der Waals surface area contributed by atoms with Gasteiger partial charge in [-0.25, -0.2) is 0 Å². The second kappa shape index (κ2) is 25.2. The number of nitrogens with zero attached hydrogens (tertiary/aromatic N) is 3. The predicted octanol–water partition coefficient (Wildman–Crippen LogP) is 14.1. The summed E-state index contributed by atoms with van der Waals surface area (Å²) in [6, 6.07) is 58.4. The van der Waals surface area contributed by atoms with Crippen molar-refractivity contribution in [1.82, 2.24) is 15.0 Å². The maximum atomic E-state index is 10.0. The second-order valence-corrected chi connectivity index (χ2v) is 15.3. The summed E-state index contributed by atoms with van der Waals surface area (Å²) >= 11 is 0. The van der Waals surface area contributed by atoms with E-state index in [0.717, 1.165) is 56.7 Å². The Morgan fingerprint density at radius 1 is 0.609 bits per heavy atom. The standard InChI is InChI=1S/C21H18NO.C19H16N.C11H8N.C5H8O2.2Ir/c1-14(2)13-15-7-5-8-16-17-9-6-10-18(21(17)23-20(15)16)19-11-3-4-12-22-19;1-14-10-15(2)12-18(11-14)17-8-9-20-19(13-17)16-6-4-3-5-7-16;1-2-6-10(7-3-1)11-8-4-5-9-12-11;1-4(6)3-5(2)7;;/h3-9,11-12,14H,13H2,1-2H3;3-6,8-13H,1-2H3;1-6,8-9H;3,6H,1-2H3;;/q3*-1;;;. The van der Waals surface area contributed by atoms with Gasteiger partial charge in [0.15, 0.2) is 5.78 Å². The number of carbonyl (C=O) groups excluding carboxylic acids is 1. The third-order valence-electron chi connectivity index (χ3n) is 9.45. The molecule has 0 bridgehead atoms. The number of aromatic nitrogens is 3. The van der Waals surface area contributed by atoms with E-state index >= 15 is 0 Å². The number of aliphatic hydroxyl groups is 1. The number of aryl methyl sites for hydroxylation is 2. The van der Waals surface area contributed by atoms with E-state index in [1.54, 1.807) is 12.4 Å². The van der Waals surface area contributed by atoms with E-state index in [2.05, 4.69) is 115 Å². The van der Waals surface area contributed by atoms with E-state index < -0.39 is 0 Å². The molecule has 0 saturated carbocycles. The van der Waals surface area contributed by atoms with Crippen LogP contribution in [-0.2, 0) is 51.4 Å². The molecule has 4 heterocycles. The molecule has 9 aromatic rings. The number of ketones is 1. The number of para-hydroxylation sites is 1. The van der Waals surface area contributed by atoms with E-state index in [9.17, 15) is 4.79 Å². The average Bonchev–Trinajstić information content (AvgIpc) is 3.68. The number of allylic oxidation sites excluding steroid dienone is 2. The first-order valence-electron chi connectivity index (χ1n) is 20.6. The molecule has 0 amide bonds. The molecule has 64 heavy (non-hydrogen) atoms. The van der Waals surface area contributed by atoms with Gasteiger partial charge < -0.3 is 24.5 Å². The van der Waals surface area contributed by atoms with E-state index in [4.69, 9.17) is 9.52 Å². The van der Waals surface area contributed by atoms with Gasteiger partial charge in [-0.1, -0.05) is 103 Å². The summed E-state index contributed by atoms with van der Waals surface area (Å²) in [5.74, 6) is 0.531. The van der Waals surface area contributed by atoms with Crippen molar-refractivity contribution in [3.63, 3.8) is 0 Å². The molecule has 6 nitrogen and oxygen atoms in total. The molecular formula is C56H50Ir2N3O3-3. The number of fused-ring (bicyclic) bond motifs is 3. The summed E-state index contributed by atoms with van der Waals surface area (Å²) in [4.78, 5) is 23.1. The number of aliphatic hydroxyl groups excluding tert-OH is 1. The fourth-order valence-corrected chi connectivity index (χ4v) is 6.94. The predicted molar refractivity (Wildman–Crippen MR) is 253 cm³/mol. The number of pyridine rings is 3. The molecule has 0 spiro atoms. The van der Waals surface area contributed by atoms with Crippen LogP contribution >= 0.6 is 0 Å². The Bertz CT molecular complexity index is 2800. The van der Waals surface area contributed by atoms with Crippen molar-refractivity contribution < 1.29 is 54.5 Å². The van der Waals surface area contributed by atoms with E-state index in [1.165, 1.54) is 53.1 Å². The summed E-state index contributed by atoms with van der Waals surface area (Å²) in [6.45, 7) is 11.6. The van der Waals surface area contributed by atoms with Gasteiger partial charge in [-0.05, 0) is 92.0 Å². The SMILES string of the molecule is CC(=O)C=C(C)O.CC(C)Cc1cccc2c1oc1c(-c3ccccn3)[c-]ccc12.Cc1cc(C)cc(-c2ccnc(-c3[c-]cccc3)c2)c1.[Ir].[Ir].[c-]1ccccc1-c1ccccn1. The smallest absolute Gasteiger partial charge is 0.155 e. The zero-order valence-corrected chi connectivity index (χ0v) is 41.5. The number of hydrogen-bond acceptors (Lipinski definition) is 6. The Labute approximate surface area is 404 Å². The molecule has 4 aromatic heterocycles. The van der Waals surface area contributed by atoms with Crippen LogP contribution in [0.1, 0.15) is 44.4 Å². The normalized spacial score (nSPS) is 10.5. The van der Waals surface area contributed by atoms with Gasteiger partial charge >= 0.3 is 0 Å². The topological polar surface area (TPSA) is 89.1 Å². The summed E-state index contributed by atoms with van der Waals surface area (Å²) in [7, 11) is 0. The van der Waals surface area contributed by atoms with Crippen molar-refractivity contribution >= 4 is 27.7 Å². The molecule has 0 saturated heterocycles. The molecule has 1 N–H and O–H groups in total. The van der Waals surface area contributed by atoms with Gasteiger partial charge in [0.25, 0.3) is 0 Å². The Hall–Kier alpha value is -6.14. The first-order valence-corrected chi connectivity index (χ1v) is 20.6. The van der Waals surface area contributed by atoms with Gasteiger partial charge in [-0.3, -0.25) is 4.79 Å². The summed E-state index contributed by atoms with van der Waals surface area (Å²) in [6.07, 6.45) is 7.63. The van der Waals surface area contributed by atoms with Crippen LogP contribution in [0.25, 0.3) is 66.8 Å². The van der Waals surface area contributed by atoms with Crippen LogP contribution in [0.15, 0.2) is 180 Å². The molecule has 0 fully saturated rings. The molecule has 0 atom stereocenters. The Kier molecular flexibility index (Phi) is 19.9. The maximum absolute atomic E-state index is 10.0. The van der Waals surface area contributed by atoms with Crippen molar-refractivity contribution in [3.05, 3.63) is 211 Å². The first-order chi connectivity index (χ1) is 30.0.